The number of morpholine rings is 1. The lowest BCUT2D eigenvalue weighted by atomic mass is 9.71. The van der Waals surface area contributed by atoms with Crippen LogP contribution in [0.4, 0.5) is 20.3 Å². The summed E-state index contributed by atoms with van der Waals surface area (Å²) in [6.07, 6.45) is 11.8. The molecule has 17 nitrogen and oxygen atoms in total. The first-order valence-corrected chi connectivity index (χ1v) is 24.2. The maximum atomic E-state index is 14.4. The maximum absolute atomic E-state index is 14.4. The Morgan fingerprint density at radius 3 is 2.57 bits per heavy atom. The zero-order valence-electron chi connectivity index (χ0n) is 37.7. The average Bonchev–Trinajstić information content (AvgIpc) is 4.20. The van der Waals surface area contributed by atoms with Gasteiger partial charge in [-0.25, -0.2) is 23.3 Å². The Balaban J connectivity index is 0.622. The Bertz CT molecular complexity index is 2960. The Morgan fingerprint density at radius 1 is 0.985 bits per heavy atom. The fourth-order valence-electron chi connectivity index (χ4n) is 12.2. The van der Waals surface area contributed by atoms with Gasteiger partial charge in [0.25, 0.3) is 12.3 Å². The topological polar surface area (TPSA) is 177 Å². The van der Waals surface area contributed by atoms with Gasteiger partial charge in [-0.2, -0.15) is 10.2 Å². The molecule has 1 aromatic carbocycles. The van der Waals surface area contributed by atoms with Crippen LogP contribution >= 0.6 is 0 Å². The van der Waals surface area contributed by atoms with Gasteiger partial charge in [-0.05, 0) is 99.9 Å². The molecule has 19 heteroatoms. The predicted molar refractivity (Wildman–Crippen MR) is 246 cm³/mol. The summed E-state index contributed by atoms with van der Waals surface area (Å²) in [5.41, 5.74) is 3.14. The van der Waals surface area contributed by atoms with Crippen LogP contribution < -0.4 is 15.5 Å². The molecule has 1 aliphatic carbocycles. The molecule has 0 radical (unpaired) electrons. The number of carbonyl (C=O) groups excluding carboxylic acids is 4. The summed E-state index contributed by atoms with van der Waals surface area (Å²) in [4.78, 5) is 68.6. The van der Waals surface area contributed by atoms with E-state index in [1.54, 1.807) is 10.9 Å². The number of fused-ring (bicyclic) bond motifs is 6. The number of amides is 4. The first kappa shape index (κ1) is 43.0. The number of ether oxygens (including phenoxy) is 1. The van der Waals surface area contributed by atoms with Crippen LogP contribution in [0.25, 0.3) is 27.6 Å². The SMILES string of the molecule is O=C1CCC(n2c3ccccc3c3c(CCCN4CC5(CCN(C(=O)C6CCC(n7cc(NC(=O)c8cnn9ccc(N%10C[C@H]%11C[C@@H]%10CO%11)nc89)c(C(F)F)n7)CC6)CC5)C4)ccnc32)C(=O)N1. The molecule has 5 saturated heterocycles. The van der Waals surface area contributed by atoms with Crippen LogP contribution in [0.15, 0.2) is 61.2 Å². The van der Waals surface area contributed by atoms with E-state index in [1.807, 2.05) is 39.9 Å². The molecule has 4 amide bonds. The van der Waals surface area contributed by atoms with Crippen LogP contribution in [0.2, 0.25) is 0 Å². The Morgan fingerprint density at radius 2 is 1.81 bits per heavy atom. The molecule has 1 unspecified atom stereocenters. The van der Waals surface area contributed by atoms with E-state index in [-0.39, 0.29) is 58.5 Å². The molecule has 5 aromatic heterocycles. The highest BCUT2D eigenvalue weighted by Gasteiger charge is 2.46. The van der Waals surface area contributed by atoms with E-state index in [0.717, 1.165) is 99.1 Å². The number of carbonyl (C=O) groups is 4. The normalized spacial score (nSPS) is 25.0. The third-order valence-electron chi connectivity index (χ3n) is 15.8. The van der Waals surface area contributed by atoms with E-state index < -0.39 is 24.1 Å². The minimum atomic E-state index is -2.90. The minimum Gasteiger partial charge on any atom is -0.374 e. The van der Waals surface area contributed by atoms with Crippen molar-refractivity contribution in [2.24, 2.45) is 11.3 Å². The largest absolute Gasteiger partial charge is 0.374 e. The van der Waals surface area contributed by atoms with E-state index in [4.69, 9.17) is 14.7 Å². The number of aryl methyl sites for hydroxylation is 1. The highest BCUT2D eigenvalue weighted by molar-refractivity contribution is 6.10. The molecule has 12 rings (SSSR count). The van der Waals surface area contributed by atoms with Crippen molar-refractivity contribution in [3.05, 3.63) is 78.0 Å². The fraction of sp³-hybridized carbons (Fsp3) is 0.510. The van der Waals surface area contributed by atoms with Crippen molar-refractivity contribution in [3.63, 3.8) is 0 Å². The minimum absolute atomic E-state index is 0.0485. The van der Waals surface area contributed by atoms with Crippen molar-refractivity contribution in [2.75, 3.05) is 56.1 Å². The van der Waals surface area contributed by atoms with Gasteiger partial charge in [0.15, 0.2) is 11.3 Å². The first-order valence-electron chi connectivity index (χ1n) is 24.2. The lowest BCUT2D eigenvalue weighted by Gasteiger charge is -2.54. The van der Waals surface area contributed by atoms with Crippen LogP contribution in [-0.2, 0) is 25.5 Å². The summed E-state index contributed by atoms with van der Waals surface area (Å²) < 4.78 is 39.5. The second kappa shape index (κ2) is 17.0. The van der Waals surface area contributed by atoms with Crippen molar-refractivity contribution in [3.8, 4) is 0 Å². The molecule has 6 aliphatic rings. The summed E-state index contributed by atoms with van der Waals surface area (Å²) >= 11 is 0. The van der Waals surface area contributed by atoms with E-state index >= 15 is 0 Å². The third kappa shape index (κ3) is 7.57. The number of halogens is 2. The second-order valence-electron chi connectivity index (χ2n) is 19.9. The first-order chi connectivity index (χ1) is 33.1. The van der Waals surface area contributed by atoms with Crippen molar-refractivity contribution in [1.82, 2.24) is 49.0 Å². The molecule has 3 atom stereocenters. The number of piperidine rings is 2. The average molecular weight is 929 g/mol. The number of nitrogens with one attached hydrogen (secondary N) is 2. The Labute approximate surface area is 390 Å². The van der Waals surface area contributed by atoms with Gasteiger partial charge < -0.3 is 29.3 Å². The number of hydrogen-bond acceptors (Lipinski definition) is 11. The number of para-hydroxylation sites is 1. The highest BCUT2D eigenvalue weighted by Crippen LogP contribution is 2.43. The van der Waals surface area contributed by atoms with Gasteiger partial charge >= 0.3 is 0 Å². The van der Waals surface area contributed by atoms with E-state index in [2.05, 4.69) is 42.8 Å². The molecular formula is C49H54F2N12O5. The van der Waals surface area contributed by atoms with Crippen LogP contribution in [-0.4, -0.2) is 125 Å². The number of benzene rings is 1. The number of nitrogens with zero attached hydrogens (tertiary/aromatic N) is 10. The molecule has 1 spiro atoms. The van der Waals surface area contributed by atoms with E-state index in [0.29, 0.717) is 50.8 Å². The van der Waals surface area contributed by atoms with Gasteiger partial charge in [0.1, 0.15) is 23.1 Å². The number of anilines is 2. The Kier molecular flexibility index (Phi) is 10.8. The summed E-state index contributed by atoms with van der Waals surface area (Å²) in [5.74, 6) is -0.317. The van der Waals surface area contributed by atoms with Crippen molar-refractivity contribution in [2.45, 2.75) is 101 Å². The molecule has 5 aliphatic heterocycles. The molecule has 354 valence electrons. The molecule has 6 aromatic rings. The van der Waals surface area contributed by atoms with Crippen LogP contribution in [0, 0.1) is 11.3 Å². The zero-order valence-corrected chi connectivity index (χ0v) is 37.7. The number of aromatic nitrogens is 7. The number of imide groups is 1. The van der Waals surface area contributed by atoms with Crippen molar-refractivity contribution < 1.29 is 32.7 Å². The number of likely N-dealkylation sites (tertiary alicyclic amines) is 2. The fourth-order valence-corrected chi connectivity index (χ4v) is 12.2. The van der Waals surface area contributed by atoms with Crippen LogP contribution in [0.5, 0.6) is 0 Å². The third-order valence-corrected chi connectivity index (χ3v) is 15.8. The zero-order chi connectivity index (χ0) is 46.3. The summed E-state index contributed by atoms with van der Waals surface area (Å²) in [6.45, 7) is 5.89. The number of pyridine rings is 1. The molecule has 6 fully saturated rings. The highest BCUT2D eigenvalue weighted by atomic mass is 19.3. The molecule has 2 bridgehead atoms. The van der Waals surface area contributed by atoms with Gasteiger partial charge in [0.05, 0.1) is 42.2 Å². The summed E-state index contributed by atoms with van der Waals surface area (Å²) in [6, 6.07) is 11.6. The smallest absolute Gasteiger partial charge is 0.284 e. The Hall–Kier alpha value is -6.34. The van der Waals surface area contributed by atoms with Crippen LogP contribution in [0.1, 0.15) is 104 Å². The molecular weight excluding hydrogens is 875 g/mol. The maximum Gasteiger partial charge on any atom is 0.284 e. The predicted octanol–water partition coefficient (Wildman–Crippen LogP) is 5.86. The lowest BCUT2D eigenvalue weighted by molar-refractivity contribution is -0.142. The van der Waals surface area contributed by atoms with Gasteiger partial charge in [-0.3, -0.25) is 29.2 Å². The molecule has 10 heterocycles. The molecule has 68 heavy (non-hydrogen) atoms. The molecule has 2 N–H and O–H groups in total. The monoisotopic (exact) mass is 928 g/mol. The van der Waals surface area contributed by atoms with E-state index in [1.165, 1.54) is 22.5 Å². The van der Waals surface area contributed by atoms with Crippen molar-refractivity contribution in [1.29, 1.82) is 0 Å². The molecule has 1 saturated carbocycles. The van der Waals surface area contributed by atoms with Gasteiger partial charge in [0.2, 0.25) is 17.7 Å². The summed E-state index contributed by atoms with van der Waals surface area (Å²) in [5, 5.41) is 15.9. The van der Waals surface area contributed by atoms with E-state index in [9.17, 15) is 28.0 Å². The van der Waals surface area contributed by atoms with Crippen molar-refractivity contribution >= 4 is 62.7 Å². The van der Waals surface area contributed by atoms with Crippen LogP contribution in [0.3, 0.4) is 0 Å². The van der Waals surface area contributed by atoms with Gasteiger partial charge in [-0.15, -0.1) is 0 Å². The van der Waals surface area contributed by atoms with Gasteiger partial charge in [0, 0.05) is 74.4 Å². The standard InChI is InChI=1S/C49H54F2N12O5/c50-43(51)42-36(54-46(65)35-23-53-61-19-14-39(55-44(35)61)60-24-33-22-32(60)26-68-33)25-62(57-42)31-9-7-30(8-10-31)48(67)59-20-15-49(16-21-59)27-58(28-49)18-3-4-29-13-17-52-45-41(29)34-5-1-2-6-37(34)63(45)38-11-12-40(64)56-47(38)66/h1-2,5-6,13-14,17,19,23,25,30-33,38,43H,3-4,7-12,15-16,18,20-22,24,26-28H2,(H,54,65)(H,56,64,66)/t30?,31?,32-,33-,38?/m1/s1. The second-order valence-corrected chi connectivity index (χ2v) is 19.9. The number of rotatable bonds is 11. The lowest BCUT2D eigenvalue weighted by Crippen LogP contribution is -2.61. The quantitative estimate of drug-likeness (QED) is 0.149. The summed E-state index contributed by atoms with van der Waals surface area (Å²) in [7, 11) is 0. The number of alkyl halides is 2. The van der Waals surface area contributed by atoms with Gasteiger partial charge in [-0.1, -0.05) is 18.2 Å². The number of hydrogen-bond donors (Lipinski definition) is 2.